The molecule has 3 aromatic rings. The van der Waals surface area contributed by atoms with E-state index in [2.05, 4.69) is 10.4 Å². The Labute approximate surface area is 132 Å². The molecule has 1 aromatic heterocycles. The minimum Gasteiger partial charge on any atom is -0.271 e. The van der Waals surface area contributed by atoms with E-state index in [0.29, 0.717) is 10.0 Å². The fourth-order valence-electron chi connectivity index (χ4n) is 2.38. The van der Waals surface area contributed by atoms with E-state index in [1.54, 1.807) is 24.4 Å². The lowest BCUT2D eigenvalue weighted by atomic mass is 9.99. The summed E-state index contributed by atoms with van der Waals surface area (Å²) < 4.78 is 0. The zero-order valence-electron chi connectivity index (χ0n) is 11.1. The number of para-hydroxylation sites is 1. The van der Waals surface area contributed by atoms with E-state index in [-0.39, 0.29) is 6.04 Å². The minimum atomic E-state index is -0.316. The number of halogens is 2. The Hall–Kier alpha value is -1.65. The van der Waals surface area contributed by atoms with Gasteiger partial charge in [-0.1, -0.05) is 47.5 Å². The normalized spacial score (nSPS) is 12.5. The first-order valence-corrected chi connectivity index (χ1v) is 7.21. The first-order valence-electron chi connectivity index (χ1n) is 6.45. The zero-order valence-corrected chi connectivity index (χ0v) is 12.6. The Morgan fingerprint density at radius 3 is 2.43 bits per heavy atom. The molecule has 21 heavy (non-hydrogen) atoms. The highest BCUT2D eigenvalue weighted by Crippen LogP contribution is 2.34. The van der Waals surface area contributed by atoms with Gasteiger partial charge in [-0.15, -0.1) is 0 Å². The van der Waals surface area contributed by atoms with Crippen molar-refractivity contribution < 1.29 is 0 Å². The van der Waals surface area contributed by atoms with Gasteiger partial charge in [-0.25, -0.2) is 5.43 Å². The van der Waals surface area contributed by atoms with Gasteiger partial charge in [-0.05, 0) is 29.8 Å². The highest BCUT2D eigenvalue weighted by Gasteiger charge is 2.19. The molecule has 1 unspecified atom stereocenters. The molecule has 0 amide bonds. The first kappa shape index (κ1) is 14.3. The maximum Gasteiger partial charge on any atom is 0.0754 e. The highest BCUT2D eigenvalue weighted by molar-refractivity contribution is 6.36. The molecule has 0 radical (unpaired) electrons. The SMILES string of the molecule is NNC(c1cnc2ccccc2c1)c1c(Cl)cccc1Cl. The monoisotopic (exact) mass is 317 g/mol. The van der Waals surface area contributed by atoms with Crippen molar-refractivity contribution in [3.63, 3.8) is 0 Å². The summed E-state index contributed by atoms with van der Waals surface area (Å²) in [7, 11) is 0. The summed E-state index contributed by atoms with van der Waals surface area (Å²) >= 11 is 12.5. The molecular formula is C16H13Cl2N3. The van der Waals surface area contributed by atoms with Crippen molar-refractivity contribution in [2.45, 2.75) is 6.04 Å². The molecule has 1 atom stereocenters. The van der Waals surface area contributed by atoms with Crippen LogP contribution in [-0.4, -0.2) is 4.98 Å². The van der Waals surface area contributed by atoms with Crippen molar-refractivity contribution in [2.24, 2.45) is 5.84 Å². The third-order valence-corrected chi connectivity index (χ3v) is 4.06. The van der Waals surface area contributed by atoms with Crippen LogP contribution in [0.3, 0.4) is 0 Å². The molecule has 0 saturated carbocycles. The van der Waals surface area contributed by atoms with Gasteiger partial charge in [0, 0.05) is 27.2 Å². The van der Waals surface area contributed by atoms with Crippen LogP contribution in [0.15, 0.2) is 54.7 Å². The molecule has 2 aromatic carbocycles. The van der Waals surface area contributed by atoms with E-state index in [4.69, 9.17) is 29.0 Å². The van der Waals surface area contributed by atoms with Gasteiger partial charge in [-0.2, -0.15) is 0 Å². The van der Waals surface area contributed by atoms with E-state index < -0.39 is 0 Å². The summed E-state index contributed by atoms with van der Waals surface area (Å²) in [6.45, 7) is 0. The predicted octanol–water partition coefficient (Wildman–Crippen LogP) is 4.09. The maximum absolute atomic E-state index is 6.27. The predicted molar refractivity (Wildman–Crippen MR) is 87.4 cm³/mol. The van der Waals surface area contributed by atoms with Crippen LogP contribution >= 0.6 is 23.2 Å². The fourth-order valence-corrected chi connectivity index (χ4v) is 2.99. The lowest BCUT2D eigenvalue weighted by Gasteiger charge is -2.19. The Balaban J connectivity index is 2.14. The summed E-state index contributed by atoms with van der Waals surface area (Å²) in [6, 6.07) is 15.0. The number of nitrogens with zero attached hydrogens (tertiary/aromatic N) is 1. The number of benzene rings is 2. The van der Waals surface area contributed by atoms with Crippen molar-refractivity contribution in [1.29, 1.82) is 0 Å². The smallest absolute Gasteiger partial charge is 0.0754 e. The summed E-state index contributed by atoms with van der Waals surface area (Å²) in [6.07, 6.45) is 1.78. The number of hydrogen-bond donors (Lipinski definition) is 2. The molecule has 3 nitrogen and oxygen atoms in total. The van der Waals surface area contributed by atoms with Gasteiger partial charge in [-0.3, -0.25) is 10.8 Å². The highest BCUT2D eigenvalue weighted by atomic mass is 35.5. The quantitative estimate of drug-likeness (QED) is 0.565. The molecule has 5 heteroatoms. The van der Waals surface area contributed by atoms with E-state index in [9.17, 15) is 0 Å². The number of aromatic nitrogens is 1. The largest absolute Gasteiger partial charge is 0.271 e. The van der Waals surface area contributed by atoms with E-state index in [1.807, 2.05) is 30.3 Å². The van der Waals surface area contributed by atoms with Gasteiger partial charge in [0.15, 0.2) is 0 Å². The van der Waals surface area contributed by atoms with Gasteiger partial charge in [0.1, 0.15) is 0 Å². The molecule has 0 spiro atoms. The zero-order chi connectivity index (χ0) is 14.8. The van der Waals surface area contributed by atoms with Crippen LogP contribution in [0.2, 0.25) is 10.0 Å². The molecule has 106 valence electrons. The van der Waals surface area contributed by atoms with Crippen LogP contribution in [0.1, 0.15) is 17.2 Å². The van der Waals surface area contributed by atoms with E-state index in [1.165, 1.54) is 0 Å². The van der Waals surface area contributed by atoms with Gasteiger partial charge < -0.3 is 0 Å². The van der Waals surface area contributed by atoms with Crippen LogP contribution in [0, 0.1) is 0 Å². The number of hydrogen-bond acceptors (Lipinski definition) is 3. The maximum atomic E-state index is 6.27. The Kier molecular flexibility index (Phi) is 4.08. The summed E-state index contributed by atoms with van der Waals surface area (Å²) in [5, 5.41) is 2.18. The average Bonchev–Trinajstić information content (AvgIpc) is 2.50. The second-order valence-electron chi connectivity index (χ2n) is 4.70. The molecule has 0 fully saturated rings. The van der Waals surface area contributed by atoms with Crippen LogP contribution in [0.25, 0.3) is 10.9 Å². The van der Waals surface area contributed by atoms with Crippen LogP contribution in [0.4, 0.5) is 0 Å². The van der Waals surface area contributed by atoms with Crippen molar-refractivity contribution in [1.82, 2.24) is 10.4 Å². The average molecular weight is 318 g/mol. The summed E-state index contributed by atoms with van der Waals surface area (Å²) in [4.78, 5) is 4.45. The van der Waals surface area contributed by atoms with Crippen LogP contribution < -0.4 is 11.3 Å². The Morgan fingerprint density at radius 2 is 1.71 bits per heavy atom. The molecule has 1 heterocycles. The topological polar surface area (TPSA) is 50.9 Å². The molecular weight excluding hydrogens is 305 g/mol. The number of fused-ring (bicyclic) bond motifs is 1. The lowest BCUT2D eigenvalue weighted by Crippen LogP contribution is -2.29. The Morgan fingerprint density at radius 1 is 1.00 bits per heavy atom. The van der Waals surface area contributed by atoms with Crippen LogP contribution in [-0.2, 0) is 0 Å². The third kappa shape index (κ3) is 2.74. The number of pyridine rings is 1. The van der Waals surface area contributed by atoms with Gasteiger partial charge in [0.25, 0.3) is 0 Å². The number of nitrogens with one attached hydrogen (secondary N) is 1. The van der Waals surface area contributed by atoms with Crippen molar-refractivity contribution in [2.75, 3.05) is 0 Å². The standard InChI is InChI=1S/C16H13Cl2N3/c17-12-5-3-6-13(18)15(12)16(21-19)11-8-10-4-1-2-7-14(10)20-9-11/h1-9,16,21H,19H2. The van der Waals surface area contributed by atoms with E-state index in [0.717, 1.165) is 22.0 Å². The second kappa shape index (κ2) is 6.00. The summed E-state index contributed by atoms with van der Waals surface area (Å²) in [5.74, 6) is 5.72. The van der Waals surface area contributed by atoms with Gasteiger partial charge >= 0.3 is 0 Å². The molecule has 0 aliphatic rings. The lowest BCUT2D eigenvalue weighted by molar-refractivity contribution is 0.636. The van der Waals surface area contributed by atoms with Crippen molar-refractivity contribution >= 4 is 34.1 Å². The van der Waals surface area contributed by atoms with E-state index >= 15 is 0 Å². The number of hydrazine groups is 1. The molecule has 3 rings (SSSR count). The minimum absolute atomic E-state index is 0.316. The first-order chi connectivity index (χ1) is 10.2. The van der Waals surface area contributed by atoms with Gasteiger partial charge in [0.05, 0.1) is 11.6 Å². The van der Waals surface area contributed by atoms with Gasteiger partial charge in [0.2, 0.25) is 0 Å². The fraction of sp³-hybridized carbons (Fsp3) is 0.0625. The Bertz CT molecular complexity index is 769. The third-order valence-electron chi connectivity index (χ3n) is 3.40. The van der Waals surface area contributed by atoms with Crippen molar-refractivity contribution in [3.8, 4) is 0 Å². The number of rotatable bonds is 3. The summed E-state index contributed by atoms with van der Waals surface area (Å²) in [5.41, 5.74) is 5.36. The molecule has 0 bridgehead atoms. The molecule has 3 N–H and O–H groups in total. The molecule has 0 aliphatic heterocycles. The number of nitrogens with two attached hydrogens (primary N) is 1. The molecule has 0 aliphatic carbocycles. The van der Waals surface area contributed by atoms with Crippen LogP contribution in [0.5, 0.6) is 0 Å². The molecule has 0 saturated heterocycles. The van der Waals surface area contributed by atoms with Crippen molar-refractivity contribution in [3.05, 3.63) is 75.9 Å². The second-order valence-corrected chi connectivity index (χ2v) is 5.51.